The third-order valence-electron chi connectivity index (χ3n) is 5.28. The molecule has 148 valence electrons. The lowest BCUT2D eigenvalue weighted by Crippen LogP contribution is -2.12. The first kappa shape index (κ1) is 19.1. The lowest BCUT2D eigenvalue weighted by Gasteiger charge is -2.20. The van der Waals surface area contributed by atoms with Crippen LogP contribution in [0.1, 0.15) is 53.8 Å². The Morgan fingerprint density at radius 2 is 1.86 bits per heavy atom. The van der Waals surface area contributed by atoms with Crippen molar-refractivity contribution in [1.82, 2.24) is 4.98 Å². The van der Waals surface area contributed by atoms with E-state index in [1.165, 1.54) is 16.7 Å². The number of fused-ring (bicyclic) bond motifs is 1. The molecular weight excluding hydrogens is 360 g/mol. The van der Waals surface area contributed by atoms with E-state index < -0.39 is 0 Å². The van der Waals surface area contributed by atoms with Gasteiger partial charge in [-0.25, -0.2) is 0 Å². The molecule has 2 heterocycles. The van der Waals surface area contributed by atoms with Crippen LogP contribution in [0.15, 0.2) is 65.2 Å². The molecule has 29 heavy (non-hydrogen) atoms. The summed E-state index contributed by atoms with van der Waals surface area (Å²) in [4.78, 5) is 15.7. The van der Waals surface area contributed by atoms with Crippen molar-refractivity contribution in [3.63, 3.8) is 0 Å². The van der Waals surface area contributed by atoms with E-state index >= 15 is 0 Å². The molecule has 0 fully saturated rings. The Hall–Kier alpha value is -3.27. The predicted molar refractivity (Wildman–Crippen MR) is 118 cm³/mol. The van der Waals surface area contributed by atoms with Crippen molar-refractivity contribution in [3.05, 3.63) is 89.0 Å². The number of aryl methyl sites for hydroxylation is 1. The molecule has 0 bridgehead atoms. The van der Waals surface area contributed by atoms with Gasteiger partial charge in [-0.3, -0.25) is 4.79 Å². The summed E-state index contributed by atoms with van der Waals surface area (Å²) >= 11 is 0. The number of nitrogens with one attached hydrogen (secondary N) is 2. The van der Waals surface area contributed by atoms with Gasteiger partial charge in [0.2, 0.25) is 0 Å². The molecule has 2 aromatic heterocycles. The number of benzene rings is 2. The van der Waals surface area contributed by atoms with Crippen LogP contribution in [-0.4, -0.2) is 10.9 Å². The highest BCUT2D eigenvalue weighted by Gasteiger charge is 2.16. The summed E-state index contributed by atoms with van der Waals surface area (Å²) in [5.41, 5.74) is 5.61. The highest BCUT2D eigenvalue weighted by molar-refractivity contribution is 6.03. The number of anilines is 1. The molecule has 0 spiro atoms. The quantitative estimate of drug-likeness (QED) is 0.438. The summed E-state index contributed by atoms with van der Waals surface area (Å²) in [7, 11) is 0. The van der Waals surface area contributed by atoms with Crippen LogP contribution < -0.4 is 5.32 Å². The van der Waals surface area contributed by atoms with Crippen LogP contribution in [0, 0.1) is 6.92 Å². The zero-order valence-electron chi connectivity index (χ0n) is 17.3. The second kappa shape index (κ2) is 7.28. The van der Waals surface area contributed by atoms with Crippen molar-refractivity contribution in [1.29, 1.82) is 0 Å². The number of carbonyl (C=O) groups excluding carboxylic acids is 1. The minimum Gasteiger partial charge on any atom is -0.456 e. The van der Waals surface area contributed by atoms with Gasteiger partial charge < -0.3 is 14.7 Å². The first-order valence-electron chi connectivity index (χ1n) is 9.87. The molecule has 0 radical (unpaired) electrons. The fourth-order valence-electron chi connectivity index (χ4n) is 3.43. The van der Waals surface area contributed by atoms with Gasteiger partial charge in [-0.15, -0.1) is 0 Å². The average molecular weight is 386 g/mol. The van der Waals surface area contributed by atoms with E-state index in [1.807, 2.05) is 36.5 Å². The van der Waals surface area contributed by atoms with E-state index in [1.54, 1.807) is 6.07 Å². The lowest BCUT2D eigenvalue weighted by atomic mass is 9.85. The number of hydrogen-bond acceptors (Lipinski definition) is 2. The van der Waals surface area contributed by atoms with Crippen LogP contribution in [0.5, 0.6) is 0 Å². The second-order valence-corrected chi connectivity index (χ2v) is 8.57. The zero-order chi connectivity index (χ0) is 20.6. The summed E-state index contributed by atoms with van der Waals surface area (Å²) in [5.74, 6) is 0.857. The molecule has 0 saturated carbocycles. The number of aromatic nitrogens is 1. The third-order valence-corrected chi connectivity index (χ3v) is 5.28. The summed E-state index contributed by atoms with van der Waals surface area (Å²) in [6, 6.07) is 17.9. The maximum Gasteiger partial charge on any atom is 0.291 e. The van der Waals surface area contributed by atoms with Crippen LogP contribution >= 0.6 is 0 Å². The van der Waals surface area contributed by atoms with E-state index in [9.17, 15) is 4.79 Å². The Labute approximate surface area is 170 Å². The molecule has 0 unspecified atom stereocenters. The van der Waals surface area contributed by atoms with Crippen LogP contribution in [0.25, 0.3) is 10.9 Å². The summed E-state index contributed by atoms with van der Waals surface area (Å²) in [6.45, 7) is 8.74. The van der Waals surface area contributed by atoms with Gasteiger partial charge >= 0.3 is 0 Å². The summed E-state index contributed by atoms with van der Waals surface area (Å²) < 4.78 is 5.86. The molecule has 0 aliphatic heterocycles. The monoisotopic (exact) mass is 386 g/mol. The Kier molecular flexibility index (Phi) is 4.79. The fourth-order valence-corrected chi connectivity index (χ4v) is 3.43. The molecule has 2 N–H and O–H groups in total. The zero-order valence-corrected chi connectivity index (χ0v) is 17.3. The second-order valence-electron chi connectivity index (χ2n) is 8.57. The average Bonchev–Trinajstić information content (AvgIpc) is 3.31. The fraction of sp³-hybridized carbons (Fsp3) is 0.240. The van der Waals surface area contributed by atoms with E-state index in [0.717, 1.165) is 22.4 Å². The topological polar surface area (TPSA) is 58.0 Å². The predicted octanol–water partition coefficient (Wildman–Crippen LogP) is 6.21. The maximum atomic E-state index is 12.6. The van der Waals surface area contributed by atoms with E-state index in [-0.39, 0.29) is 11.3 Å². The number of H-pyrrole nitrogens is 1. The Bertz CT molecular complexity index is 1170. The van der Waals surface area contributed by atoms with Gasteiger partial charge in [-0.2, -0.15) is 0 Å². The van der Waals surface area contributed by atoms with Crippen LogP contribution in [0.4, 0.5) is 5.69 Å². The molecule has 4 aromatic rings. The van der Waals surface area contributed by atoms with Crippen LogP contribution in [0.3, 0.4) is 0 Å². The van der Waals surface area contributed by atoms with Gasteiger partial charge in [-0.1, -0.05) is 39.0 Å². The number of furan rings is 1. The van der Waals surface area contributed by atoms with Crippen LogP contribution in [0.2, 0.25) is 0 Å². The largest absolute Gasteiger partial charge is 0.456 e. The summed E-state index contributed by atoms with van der Waals surface area (Å²) in [6.07, 6.45) is 2.55. The van der Waals surface area contributed by atoms with Gasteiger partial charge in [0.15, 0.2) is 5.76 Å². The molecule has 1 amide bonds. The number of rotatable bonds is 4. The molecule has 0 aliphatic rings. The summed E-state index contributed by atoms with van der Waals surface area (Å²) in [5, 5.41) is 3.96. The highest BCUT2D eigenvalue weighted by atomic mass is 16.3. The van der Waals surface area contributed by atoms with Gasteiger partial charge in [0.05, 0.1) is 0 Å². The molecule has 0 aliphatic carbocycles. The SMILES string of the molecule is Cc1ccc(C(C)(C)C)cc1Cc1ccc(C(=O)Nc2ccc3[nH]ccc3c2)o1. The molecule has 4 heteroatoms. The number of hydrogen-bond donors (Lipinski definition) is 2. The van der Waals surface area contributed by atoms with Crippen molar-refractivity contribution in [2.24, 2.45) is 0 Å². The normalized spacial score (nSPS) is 11.7. The van der Waals surface area contributed by atoms with Crippen molar-refractivity contribution in [3.8, 4) is 0 Å². The maximum absolute atomic E-state index is 12.6. The standard InChI is InChI=1S/C25H26N2O2/c1-16-5-6-19(25(2,3)4)13-18(16)15-21-8-10-23(29-21)24(28)27-20-7-9-22-17(14-20)11-12-26-22/h5-14,26H,15H2,1-4H3,(H,27,28). The van der Waals surface area contributed by atoms with Crippen LogP contribution in [-0.2, 0) is 11.8 Å². The Morgan fingerprint density at radius 1 is 1.03 bits per heavy atom. The van der Waals surface area contributed by atoms with Gasteiger partial charge in [0.25, 0.3) is 5.91 Å². The highest BCUT2D eigenvalue weighted by Crippen LogP contribution is 2.26. The molecule has 0 saturated heterocycles. The molecule has 4 nitrogen and oxygen atoms in total. The lowest BCUT2D eigenvalue weighted by molar-refractivity contribution is 0.0995. The van der Waals surface area contributed by atoms with Crippen molar-refractivity contribution >= 4 is 22.5 Å². The number of carbonyl (C=O) groups is 1. The van der Waals surface area contributed by atoms with E-state index in [2.05, 4.69) is 56.2 Å². The first-order chi connectivity index (χ1) is 13.8. The molecule has 2 aromatic carbocycles. The van der Waals surface area contributed by atoms with Crippen molar-refractivity contribution < 1.29 is 9.21 Å². The van der Waals surface area contributed by atoms with Gasteiger partial charge in [0, 0.05) is 29.2 Å². The van der Waals surface area contributed by atoms with Crippen molar-refractivity contribution in [2.75, 3.05) is 5.32 Å². The minimum atomic E-state index is -0.244. The third kappa shape index (κ3) is 4.11. The number of aromatic amines is 1. The molecule has 0 atom stereocenters. The Balaban J connectivity index is 1.50. The number of amides is 1. The smallest absolute Gasteiger partial charge is 0.291 e. The van der Waals surface area contributed by atoms with Crippen molar-refractivity contribution in [2.45, 2.75) is 39.5 Å². The molecule has 4 rings (SSSR count). The Morgan fingerprint density at radius 3 is 2.66 bits per heavy atom. The van der Waals surface area contributed by atoms with Gasteiger partial charge in [-0.05, 0) is 65.4 Å². The van der Waals surface area contributed by atoms with E-state index in [0.29, 0.717) is 12.2 Å². The minimum absolute atomic E-state index is 0.0945. The van der Waals surface area contributed by atoms with Gasteiger partial charge in [0.1, 0.15) is 5.76 Å². The van der Waals surface area contributed by atoms with E-state index in [4.69, 9.17) is 4.42 Å². The molecular formula is C25H26N2O2. The first-order valence-corrected chi connectivity index (χ1v) is 9.87.